The summed E-state index contributed by atoms with van der Waals surface area (Å²) < 4.78 is 5.55. The number of para-hydroxylation sites is 2. The van der Waals surface area contributed by atoms with Crippen molar-refractivity contribution in [1.29, 1.82) is 0 Å². The molecule has 0 fully saturated rings. The Morgan fingerprint density at radius 3 is 2.71 bits per heavy atom. The van der Waals surface area contributed by atoms with E-state index in [1.54, 1.807) is 12.4 Å². The van der Waals surface area contributed by atoms with Gasteiger partial charge < -0.3 is 9.73 Å². The summed E-state index contributed by atoms with van der Waals surface area (Å²) in [5.41, 5.74) is 2.80. The van der Waals surface area contributed by atoms with Gasteiger partial charge in [-0.3, -0.25) is 4.98 Å². The molecule has 0 aliphatic heterocycles. The van der Waals surface area contributed by atoms with Crippen LogP contribution >= 0.6 is 0 Å². The van der Waals surface area contributed by atoms with E-state index in [9.17, 15) is 0 Å². The van der Waals surface area contributed by atoms with Crippen molar-refractivity contribution in [3.05, 3.63) is 54.4 Å². The zero-order valence-corrected chi connectivity index (χ0v) is 9.13. The van der Waals surface area contributed by atoms with Gasteiger partial charge >= 0.3 is 0 Å². The highest BCUT2D eigenvalue weighted by atomic mass is 16.4. The summed E-state index contributed by atoms with van der Waals surface area (Å²) >= 11 is 0. The lowest BCUT2D eigenvalue weighted by atomic mass is 10.3. The second-order valence-electron chi connectivity index (χ2n) is 3.70. The maximum atomic E-state index is 5.55. The third kappa shape index (κ3) is 2.10. The third-order valence-corrected chi connectivity index (χ3v) is 2.49. The van der Waals surface area contributed by atoms with Crippen LogP contribution in [0.15, 0.2) is 53.2 Å². The number of rotatable bonds is 3. The number of anilines is 1. The Morgan fingerprint density at radius 1 is 1.06 bits per heavy atom. The van der Waals surface area contributed by atoms with Crippen LogP contribution in [-0.4, -0.2) is 9.97 Å². The highest BCUT2D eigenvalue weighted by Crippen LogP contribution is 2.18. The molecule has 0 saturated heterocycles. The molecule has 1 N–H and O–H groups in total. The maximum Gasteiger partial charge on any atom is 0.295 e. The maximum absolute atomic E-state index is 5.55. The molecule has 84 valence electrons. The van der Waals surface area contributed by atoms with Gasteiger partial charge in [0, 0.05) is 18.9 Å². The highest BCUT2D eigenvalue weighted by Gasteiger charge is 2.03. The molecule has 4 heteroatoms. The Morgan fingerprint density at radius 2 is 1.88 bits per heavy atom. The fourth-order valence-corrected chi connectivity index (χ4v) is 1.63. The molecule has 17 heavy (non-hydrogen) atoms. The Balaban J connectivity index is 1.77. The quantitative estimate of drug-likeness (QED) is 0.744. The first kappa shape index (κ1) is 9.84. The molecule has 0 radical (unpaired) electrons. The number of hydrogen-bond acceptors (Lipinski definition) is 4. The highest BCUT2D eigenvalue weighted by molar-refractivity contribution is 5.74. The SMILES string of the molecule is c1ccc2oc(NCc3ccncc3)nc2c1. The molecule has 2 heterocycles. The number of aromatic nitrogens is 2. The molecular weight excluding hydrogens is 214 g/mol. The van der Waals surface area contributed by atoms with E-state index in [-0.39, 0.29) is 0 Å². The molecule has 0 aliphatic carbocycles. The Labute approximate surface area is 98.3 Å². The zero-order valence-electron chi connectivity index (χ0n) is 9.13. The molecule has 3 rings (SSSR count). The summed E-state index contributed by atoms with van der Waals surface area (Å²) in [6.45, 7) is 0.676. The number of pyridine rings is 1. The standard InChI is InChI=1S/C13H11N3O/c1-2-4-12-11(3-1)16-13(17-12)15-9-10-5-7-14-8-6-10/h1-8H,9H2,(H,15,16). The van der Waals surface area contributed by atoms with Gasteiger partial charge in [0.15, 0.2) is 5.58 Å². The summed E-state index contributed by atoms with van der Waals surface area (Å²) in [6, 6.07) is 12.2. The molecule has 0 saturated carbocycles. The molecule has 1 aromatic carbocycles. The fraction of sp³-hybridized carbons (Fsp3) is 0.0769. The van der Waals surface area contributed by atoms with Crippen molar-refractivity contribution in [2.45, 2.75) is 6.54 Å². The van der Waals surface area contributed by atoms with Gasteiger partial charge in [-0.15, -0.1) is 0 Å². The number of fused-ring (bicyclic) bond motifs is 1. The number of oxazole rings is 1. The summed E-state index contributed by atoms with van der Waals surface area (Å²) in [5, 5.41) is 3.14. The largest absolute Gasteiger partial charge is 0.424 e. The first-order valence-corrected chi connectivity index (χ1v) is 5.40. The molecule has 0 atom stereocenters. The second kappa shape index (κ2) is 4.25. The van der Waals surface area contributed by atoms with Crippen LogP contribution in [0.2, 0.25) is 0 Å². The van der Waals surface area contributed by atoms with E-state index in [4.69, 9.17) is 4.42 Å². The van der Waals surface area contributed by atoms with Crippen LogP contribution in [0, 0.1) is 0 Å². The van der Waals surface area contributed by atoms with Crippen molar-refractivity contribution in [1.82, 2.24) is 9.97 Å². The fourth-order valence-electron chi connectivity index (χ4n) is 1.63. The van der Waals surface area contributed by atoms with Crippen molar-refractivity contribution in [2.75, 3.05) is 5.32 Å². The van der Waals surface area contributed by atoms with Crippen LogP contribution in [0.1, 0.15) is 5.56 Å². The molecule has 0 amide bonds. The van der Waals surface area contributed by atoms with Gasteiger partial charge in [0.25, 0.3) is 6.01 Å². The minimum atomic E-state index is 0.544. The summed E-state index contributed by atoms with van der Waals surface area (Å²) in [4.78, 5) is 8.30. The minimum Gasteiger partial charge on any atom is -0.424 e. The van der Waals surface area contributed by atoms with Gasteiger partial charge in [0.05, 0.1) is 0 Å². The molecular formula is C13H11N3O. The van der Waals surface area contributed by atoms with Crippen LogP contribution in [-0.2, 0) is 6.54 Å². The van der Waals surface area contributed by atoms with E-state index < -0.39 is 0 Å². The number of nitrogens with zero attached hydrogens (tertiary/aromatic N) is 2. The van der Waals surface area contributed by atoms with Crippen LogP contribution in [0.3, 0.4) is 0 Å². The zero-order chi connectivity index (χ0) is 11.5. The number of benzene rings is 1. The normalized spacial score (nSPS) is 10.6. The van der Waals surface area contributed by atoms with Crippen molar-refractivity contribution >= 4 is 17.1 Å². The van der Waals surface area contributed by atoms with Crippen molar-refractivity contribution in [2.24, 2.45) is 0 Å². The second-order valence-corrected chi connectivity index (χ2v) is 3.70. The predicted molar refractivity (Wildman–Crippen MR) is 65.6 cm³/mol. The van der Waals surface area contributed by atoms with Gasteiger partial charge in [0.1, 0.15) is 5.52 Å². The van der Waals surface area contributed by atoms with E-state index in [0.717, 1.165) is 16.7 Å². The monoisotopic (exact) mass is 225 g/mol. The molecule has 2 aromatic heterocycles. The van der Waals surface area contributed by atoms with Crippen LogP contribution < -0.4 is 5.32 Å². The summed E-state index contributed by atoms with van der Waals surface area (Å²) in [7, 11) is 0. The van der Waals surface area contributed by atoms with Gasteiger partial charge in [-0.2, -0.15) is 4.98 Å². The number of hydrogen-bond donors (Lipinski definition) is 1. The Kier molecular flexibility index (Phi) is 2.46. The predicted octanol–water partition coefficient (Wildman–Crippen LogP) is 2.83. The molecule has 0 spiro atoms. The van der Waals surface area contributed by atoms with Gasteiger partial charge in [-0.05, 0) is 29.8 Å². The van der Waals surface area contributed by atoms with Crippen LogP contribution in [0.4, 0.5) is 6.01 Å². The number of nitrogens with one attached hydrogen (secondary N) is 1. The van der Waals surface area contributed by atoms with E-state index in [2.05, 4.69) is 15.3 Å². The Hall–Kier alpha value is -2.36. The Bertz CT molecular complexity index is 586. The van der Waals surface area contributed by atoms with Crippen LogP contribution in [0.5, 0.6) is 0 Å². The molecule has 0 unspecified atom stereocenters. The third-order valence-electron chi connectivity index (χ3n) is 2.49. The lowest BCUT2D eigenvalue weighted by molar-refractivity contribution is 0.614. The van der Waals surface area contributed by atoms with Gasteiger partial charge in [0.2, 0.25) is 0 Å². The van der Waals surface area contributed by atoms with E-state index >= 15 is 0 Å². The summed E-state index contributed by atoms with van der Waals surface area (Å²) in [6.07, 6.45) is 3.53. The van der Waals surface area contributed by atoms with Crippen LogP contribution in [0.25, 0.3) is 11.1 Å². The molecule has 3 aromatic rings. The lowest BCUT2D eigenvalue weighted by Gasteiger charge is -2.00. The molecule has 0 aliphatic rings. The topological polar surface area (TPSA) is 51.0 Å². The average Bonchev–Trinajstić information content (AvgIpc) is 2.80. The molecule has 0 bridgehead atoms. The lowest BCUT2D eigenvalue weighted by Crippen LogP contribution is -1.99. The van der Waals surface area contributed by atoms with E-state index in [1.807, 2.05) is 36.4 Å². The van der Waals surface area contributed by atoms with Gasteiger partial charge in [-0.25, -0.2) is 0 Å². The van der Waals surface area contributed by atoms with Crippen molar-refractivity contribution in [3.63, 3.8) is 0 Å². The van der Waals surface area contributed by atoms with E-state index in [1.165, 1.54) is 0 Å². The summed E-state index contributed by atoms with van der Waals surface area (Å²) in [5.74, 6) is 0. The van der Waals surface area contributed by atoms with Crippen molar-refractivity contribution in [3.8, 4) is 0 Å². The smallest absolute Gasteiger partial charge is 0.295 e. The molecule has 4 nitrogen and oxygen atoms in total. The minimum absolute atomic E-state index is 0.544. The van der Waals surface area contributed by atoms with Gasteiger partial charge in [-0.1, -0.05) is 12.1 Å². The average molecular weight is 225 g/mol. The van der Waals surface area contributed by atoms with Crippen molar-refractivity contribution < 1.29 is 4.42 Å². The first-order valence-electron chi connectivity index (χ1n) is 5.40. The van der Waals surface area contributed by atoms with E-state index in [0.29, 0.717) is 12.6 Å². The first-order chi connectivity index (χ1) is 8.42.